The minimum atomic E-state index is -4.74. The molecular formula is C26H26F3N3O4. The molecule has 2 N–H and O–H groups in total. The summed E-state index contributed by atoms with van der Waals surface area (Å²) in [5.41, 5.74) is 4.15. The highest BCUT2D eigenvalue weighted by Crippen LogP contribution is 2.28. The SMILES string of the molecule is CC(N=NOCc1ccc(-c2cccc(OC(F)(F)F)c2)cc1)c1ccc(CNCCC(=O)O)cc1. The Bertz CT molecular complexity index is 1150. The van der Waals surface area contributed by atoms with Gasteiger partial charge in [-0.15, -0.1) is 18.3 Å². The maximum atomic E-state index is 12.4. The molecular weight excluding hydrogens is 475 g/mol. The first kappa shape index (κ1) is 26.7. The second-order valence-corrected chi connectivity index (χ2v) is 7.98. The lowest BCUT2D eigenvalue weighted by Gasteiger charge is -2.10. The molecule has 0 saturated heterocycles. The van der Waals surface area contributed by atoms with Crippen molar-refractivity contribution in [3.8, 4) is 16.9 Å². The molecule has 3 rings (SSSR count). The van der Waals surface area contributed by atoms with Gasteiger partial charge in [-0.05, 0) is 46.9 Å². The standard InChI is InChI=1S/C26H26F3N3O4/c1-18(21-9-5-19(6-10-21)16-30-14-13-25(33)34)31-32-35-17-20-7-11-22(12-8-20)23-3-2-4-24(15-23)36-26(27,28)29/h2-12,15,18,30H,13-14,16-17H2,1H3,(H,33,34). The third-order valence-corrected chi connectivity index (χ3v) is 5.17. The Morgan fingerprint density at radius 3 is 2.36 bits per heavy atom. The Balaban J connectivity index is 1.46. The van der Waals surface area contributed by atoms with Crippen LogP contribution in [0.15, 0.2) is 83.2 Å². The zero-order valence-electron chi connectivity index (χ0n) is 19.5. The average molecular weight is 502 g/mol. The van der Waals surface area contributed by atoms with E-state index in [0.29, 0.717) is 18.7 Å². The van der Waals surface area contributed by atoms with E-state index in [1.54, 1.807) is 30.3 Å². The van der Waals surface area contributed by atoms with Gasteiger partial charge in [0, 0.05) is 18.4 Å². The monoisotopic (exact) mass is 501 g/mol. The predicted molar refractivity (Wildman–Crippen MR) is 127 cm³/mol. The van der Waals surface area contributed by atoms with Crippen LogP contribution in [0.25, 0.3) is 11.1 Å². The largest absolute Gasteiger partial charge is 0.573 e. The van der Waals surface area contributed by atoms with Crippen LogP contribution in [0.4, 0.5) is 13.2 Å². The van der Waals surface area contributed by atoms with Crippen molar-refractivity contribution in [1.82, 2.24) is 5.32 Å². The number of hydrogen-bond acceptors (Lipinski definition) is 6. The number of carbonyl (C=O) groups is 1. The number of carboxylic acids is 1. The molecule has 0 radical (unpaired) electrons. The van der Waals surface area contributed by atoms with E-state index in [1.165, 1.54) is 18.2 Å². The summed E-state index contributed by atoms with van der Waals surface area (Å²) >= 11 is 0. The van der Waals surface area contributed by atoms with E-state index in [2.05, 4.69) is 20.4 Å². The molecule has 10 heteroatoms. The van der Waals surface area contributed by atoms with Gasteiger partial charge in [-0.25, -0.2) is 0 Å². The number of rotatable bonds is 12. The highest BCUT2D eigenvalue weighted by molar-refractivity contribution is 5.67. The summed E-state index contributed by atoms with van der Waals surface area (Å²) < 4.78 is 41.3. The Hall–Kier alpha value is -3.92. The average Bonchev–Trinajstić information content (AvgIpc) is 2.84. The van der Waals surface area contributed by atoms with E-state index in [1.807, 2.05) is 31.2 Å². The number of nitrogens with zero attached hydrogens (tertiary/aromatic N) is 2. The summed E-state index contributed by atoms with van der Waals surface area (Å²) in [4.78, 5) is 15.8. The van der Waals surface area contributed by atoms with Crippen LogP contribution in [-0.2, 0) is 22.8 Å². The van der Waals surface area contributed by atoms with Gasteiger partial charge in [0.1, 0.15) is 12.4 Å². The molecule has 3 aromatic carbocycles. The van der Waals surface area contributed by atoms with Crippen molar-refractivity contribution in [2.24, 2.45) is 10.4 Å². The van der Waals surface area contributed by atoms with Crippen LogP contribution in [0.2, 0.25) is 0 Å². The molecule has 0 aliphatic carbocycles. The zero-order valence-corrected chi connectivity index (χ0v) is 19.5. The number of aliphatic carboxylic acids is 1. The van der Waals surface area contributed by atoms with Crippen molar-refractivity contribution >= 4 is 5.97 Å². The Morgan fingerprint density at radius 1 is 1.00 bits per heavy atom. The van der Waals surface area contributed by atoms with Crippen LogP contribution in [-0.4, -0.2) is 24.0 Å². The van der Waals surface area contributed by atoms with Crippen LogP contribution in [0.3, 0.4) is 0 Å². The van der Waals surface area contributed by atoms with Crippen molar-refractivity contribution in [3.05, 3.63) is 89.5 Å². The van der Waals surface area contributed by atoms with E-state index < -0.39 is 12.3 Å². The third-order valence-electron chi connectivity index (χ3n) is 5.17. The Morgan fingerprint density at radius 2 is 1.69 bits per heavy atom. The third kappa shape index (κ3) is 9.03. The number of halogens is 3. The number of nitrogens with one attached hydrogen (secondary N) is 1. The first-order valence-corrected chi connectivity index (χ1v) is 11.2. The summed E-state index contributed by atoms with van der Waals surface area (Å²) in [6, 6.07) is 20.5. The lowest BCUT2D eigenvalue weighted by Crippen LogP contribution is -2.17. The number of carboxylic acid groups (broad SMARTS) is 1. The molecule has 0 saturated carbocycles. The second-order valence-electron chi connectivity index (χ2n) is 7.98. The first-order valence-electron chi connectivity index (χ1n) is 11.2. The van der Waals surface area contributed by atoms with Gasteiger partial charge in [-0.2, -0.15) is 0 Å². The molecule has 7 nitrogen and oxygen atoms in total. The van der Waals surface area contributed by atoms with E-state index >= 15 is 0 Å². The molecule has 36 heavy (non-hydrogen) atoms. The smallest absolute Gasteiger partial charge is 0.481 e. The predicted octanol–water partition coefficient (Wildman–Crippen LogP) is 6.46. The fourth-order valence-electron chi connectivity index (χ4n) is 3.28. The number of ether oxygens (including phenoxy) is 1. The molecule has 0 spiro atoms. The zero-order chi connectivity index (χ0) is 26.0. The molecule has 1 atom stereocenters. The van der Waals surface area contributed by atoms with Crippen molar-refractivity contribution in [2.45, 2.75) is 38.9 Å². The van der Waals surface area contributed by atoms with Crippen molar-refractivity contribution in [2.75, 3.05) is 6.54 Å². The van der Waals surface area contributed by atoms with Gasteiger partial charge in [0.25, 0.3) is 0 Å². The molecule has 3 aromatic rings. The van der Waals surface area contributed by atoms with Crippen LogP contribution in [0.5, 0.6) is 5.75 Å². The van der Waals surface area contributed by atoms with Gasteiger partial charge >= 0.3 is 12.3 Å². The number of hydrogen-bond donors (Lipinski definition) is 2. The second kappa shape index (κ2) is 12.7. The minimum absolute atomic E-state index is 0.0777. The van der Waals surface area contributed by atoms with Crippen LogP contribution in [0, 0.1) is 0 Å². The molecule has 0 aliphatic rings. The van der Waals surface area contributed by atoms with Crippen LogP contribution >= 0.6 is 0 Å². The molecule has 1 unspecified atom stereocenters. The van der Waals surface area contributed by atoms with Crippen molar-refractivity contribution in [1.29, 1.82) is 0 Å². The summed E-state index contributed by atoms with van der Waals surface area (Å²) in [5, 5.41) is 19.7. The quantitative estimate of drug-likeness (QED) is 0.169. The Labute approximate surface area is 206 Å². The highest BCUT2D eigenvalue weighted by Gasteiger charge is 2.31. The van der Waals surface area contributed by atoms with Gasteiger partial charge in [-0.1, -0.05) is 60.7 Å². The lowest BCUT2D eigenvalue weighted by atomic mass is 10.0. The van der Waals surface area contributed by atoms with Crippen LogP contribution in [0.1, 0.15) is 36.1 Å². The maximum absolute atomic E-state index is 12.4. The van der Waals surface area contributed by atoms with Gasteiger partial charge in [0.05, 0.1) is 12.5 Å². The van der Waals surface area contributed by atoms with E-state index in [0.717, 1.165) is 22.3 Å². The van der Waals surface area contributed by atoms with Crippen LogP contribution < -0.4 is 10.1 Å². The molecule has 0 aromatic heterocycles. The van der Waals surface area contributed by atoms with Crippen molar-refractivity contribution < 1.29 is 32.6 Å². The van der Waals surface area contributed by atoms with Gasteiger partial charge in [0.2, 0.25) is 0 Å². The summed E-state index contributed by atoms with van der Waals surface area (Å²) in [7, 11) is 0. The van der Waals surface area contributed by atoms with Gasteiger partial charge in [0.15, 0.2) is 0 Å². The number of alkyl halides is 3. The lowest BCUT2D eigenvalue weighted by molar-refractivity contribution is -0.274. The minimum Gasteiger partial charge on any atom is -0.481 e. The van der Waals surface area contributed by atoms with E-state index in [9.17, 15) is 18.0 Å². The Kier molecular flexibility index (Phi) is 9.40. The molecule has 0 heterocycles. The molecule has 0 bridgehead atoms. The molecule has 190 valence electrons. The topological polar surface area (TPSA) is 92.5 Å². The molecule has 0 amide bonds. The van der Waals surface area contributed by atoms with E-state index in [-0.39, 0.29) is 24.8 Å². The summed E-state index contributed by atoms with van der Waals surface area (Å²) in [5.74, 6) is -1.11. The first-order chi connectivity index (χ1) is 17.2. The van der Waals surface area contributed by atoms with Crippen molar-refractivity contribution in [3.63, 3.8) is 0 Å². The fourth-order valence-corrected chi connectivity index (χ4v) is 3.28. The number of benzene rings is 3. The highest BCUT2D eigenvalue weighted by atomic mass is 19.4. The molecule has 0 fully saturated rings. The van der Waals surface area contributed by atoms with Gasteiger partial charge in [-0.3, -0.25) is 4.79 Å². The summed E-state index contributed by atoms with van der Waals surface area (Å²) in [6.45, 7) is 3.07. The maximum Gasteiger partial charge on any atom is 0.573 e. The van der Waals surface area contributed by atoms with Gasteiger partial charge < -0.3 is 20.0 Å². The normalized spacial score (nSPS) is 12.4. The summed E-state index contributed by atoms with van der Waals surface area (Å²) in [6.07, 6.45) is -4.66. The fraction of sp³-hybridized carbons (Fsp3) is 0.269. The van der Waals surface area contributed by atoms with E-state index in [4.69, 9.17) is 9.94 Å². The molecule has 0 aliphatic heterocycles.